The number of nitriles is 1. The number of allylic oxidation sites excluding steroid dienone is 3. The fraction of sp³-hybridized carbons (Fsp3) is 0.231. The molecule has 2 rings (SSSR count). The molecule has 0 aliphatic carbocycles. The Morgan fingerprint density at radius 3 is 2.83 bits per heavy atom. The van der Waals surface area contributed by atoms with E-state index in [0.29, 0.717) is 16.9 Å². The third-order valence-corrected chi connectivity index (χ3v) is 3.75. The average molecular weight is 260 g/mol. The fourth-order valence-electron chi connectivity index (χ4n) is 2.08. The van der Waals surface area contributed by atoms with Crippen molar-refractivity contribution < 1.29 is 9.53 Å². The first-order chi connectivity index (χ1) is 8.56. The van der Waals surface area contributed by atoms with Gasteiger partial charge >= 0.3 is 0 Å². The molecule has 0 unspecified atom stereocenters. The third kappa shape index (κ3) is 1.91. The van der Waals surface area contributed by atoms with E-state index in [9.17, 15) is 10.1 Å². The summed E-state index contributed by atoms with van der Waals surface area (Å²) in [5.41, 5.74) is 6.54. The van der Waals surface area contributed by atoms with Crippen molar-refractivity contribution in [2.75, 3.05) is 0 Å². The first-order valence-electron chi connectivity index (χ1n) is 5.39. The Morgan fingerprint density at radius 2 is 2.33 bits per heavy atom. The molecule has 92 valence electrons. The van der Waals surface area contributed by atoms with Crippen LogP contribution in [0.3, 0.4) is 0 Å². The van der Waals surface area contributed by atoms with Crippen molar-refractivity contribution in [1.82, 2.24) is 0 Å². The number of thiophene rings is 1. The summed E-state index contributed by atoms with van der Waals surface area (Å²) in [7, 11) is 0. The minimum absolute atomic E-state index is 0.0819. The molecule has 0 aromatic carbocycles. The molecule has 0 radical (unpaired) electrons. The highest BCUT2D eigenvalue weighted by atomic mass is 32.1. The Balaban J connectivity index is 2.63. The van der Waals surface area contributed by atoms with Crippen LogP contribution >= 0.6 is 11.3 Å². The maximum absolute atomic E-state index is 11.8. The van der Waals surface area contributed by atoms with E-state index >= 15 is 0 Å². The molecule has 0 fully saturated rings. The summed E-state index contributed by atoms with van der Waals surface area (Å²) in [4.78, 5) is 12.7. The zero-order valence-electron chi connectivity index (χ0n) is 10.1. The van der Waals surface area contributed by atoms with Gasteiger partial charge in [0.15, 0.2) is 5.78 Å². The smallest absolute Gasteiger partial charge is 0.205 e. The van der Waals surface area contributed by atoms with Crippen molar-refractivity contribution in [3.63, 3.8) is 0 Å². The van der Waals surface area contributed by atoms with Crippen LogP contribution in [0.1, 0.15) is 24.6 Å². The number of nitrogens with two attached hydrogens (primary N) is 1. The number of Topliss-reactive ketones (excluding diaryl/α,β-unsaturated/α-hetero) is 1. The topological polar surface area (TPSA) is 76.1 Å². The van der Waals surface area contributed by atoms with Gasteiger partial charge in [0.25, 0.3) is 0 Å². The zero-order valence-corrected chi connectivity index (χ0v) is 10.9. The molecule has 0 amide bonds. The predicted molar refractivity (Wildman–Crippen MR) is 68.4 cm³/mol. The Bertz CT molecular complexity index is 591. The highest BCUT2D eigenvalue weighted by Gasteiger charge is 2.34. The molecule has 4 nitrogen and oxygen atoms in total. The van der Waals surface area contributed by atoms with E-state index in [4.69, 9.17) is 10.5 Å². The van der Waals surface area contributed by atoms with Gasteiger partial charge in [-0.05, 0) is 25.3 Å². The maximum atomic E-state index is 11.8. The van der Waals surface area contributed by atoms with Crippen molar-refractivity contribution in [3.8, 4) is 6.07 Å². The van der Waals surface area contributed by atoms with Crippen molar-refractivity contribution in [3.05, 3.63) is 45.2 Å². The molecular weight excluding hydrogens is 248 g/mol. The molecule has 1 aliphatic rings. The largest absolute Gasteiger partial charge is 0.445 e. The van der Waals surface area contributed by atoms with E-state index in [1.54, 1.807) is 6.92 Å². The number of hydrogen-bond acceptors (Lipinski definition) is 5. The molecule has 1 atom stereocenters. The molecule has 2 N–H and O–H groups in total. The number of carbonyl (C=O) groups is 1. The second kappa shape index (κ2) is 4.67. The van der Waals surface area contributed by atoms with E-state index in [1.807, 2.05) is 23.6 Å². The highest BCUT2D eigenvalue weighted by molar-refractivity contribution is 7.10. The van der Waals surface area contributed by atoms with E-state index in [2.05, 4.69) is 0 Å². The number of carbonyl (C=O) groups excluding carboxylic acids is 1. The van der Waals surface area contributed by atoms with E-state index in [1.165, 1.54) is 18.3 Å². The van der Waals surface area contributed by atoms with Gasteiger partial charge in [-0.25, -0.2) is 0 Å². The Hall–Kier alpha value is -2.06. The fourth-order valence-corrected chi connectivity index (χ4v) is 2.92. The summed E-state index contributed by atoms with van der Waals surface area (Å²) in [6.45, 7) is 3.16. The molecule has 18 heavy (non-hydrogen) atoms. The highest BCUT2D eigenvalue weighted by Crippen LogP contribution is 2.40. The Kier molecular flexibility index (Phi) is 3.21. The molecule has 1 aromatic rings. The number of ketones is 1. The normalized spacial score (nSPS) is 19.5. The molecule has 1 aliphatic heterocycles. The van der Waals surface area contributed by atoms with Crippen LogP contribution in [-0.4, -0.2) is 5.78 Å². The molecule has 1 aromatic heterocycles. The lowest BCUT2D eigenvalue weighted by Crippen LogP contribution is -2.22. The summed E-state index contributed by atoms with van der Waals surface area (Å²) < 4.78 is 5.29. The summed E-state index contributed by atoms with van der Waals surface area (Å²) in [5.74, 6) is 0.0446. The van der Waals surface area contributed by atoms with Gasteiger partial charge in [0.05, 0.1) is 5.92 Å². The van der Waals surface area contributed by atoms with E-state index in [-0.39, 0.29) is 11.7 Å². The van der Waals surface area contributed by atoms with Crippen molar-refractivity contribution >= 4 is 17.1 Å². The van der Waals surface area contributed by atoms with Crippen molar-refractivity contribution in [2.24, 2.45) is 5.73 Å². The monoisotopic (exact) mass is 260 g/mol. The van der Waals surface area contributed by atoms with Crippen molar-refractivity contribution in [2.45, 2.75) is 19.8 Å². The molecule has 0 bridgehead atoms. The van der Waals surface area contributed by atoms with Gasteiger partial charge in [0.1, 0.15) is 17.4 Å². The zero-order chi connectivity index (χ0) is 13.3. The lowest BCUT2D eigenvalue weighted by Gasteiger charge is -2.25. The second-order valence-corrected chi connectivity index (χ2v) is 4.95. The minimum Gasteiger partial charge on any atom is -0.445 e. The molecular formula is C13H12N2O2S. The number of ether oxygens (including phenoxy) is 1. The van der Waals surface area contributed by atoms with Crippen LogP contribution in [0.2, 0.25) is 0 Å². The Labute approximate surface area is 109 Å². The molecule has 5 heteroatoms. The van der Waals surface area contributed by atoms with Crippen LogP contribution in [0, 0.1) is 11.3 Å². The van der Waals surface area contributed by atoms with Gasteiger partial charge in [-0.2, -0.15) is 5.26 Å². The summed E-state index contributed by atoms with van der Waals surface area (Å²) >= 11 is 1.49. The summed E-state index contributed by atoms with van der Waals surface area (Å²) in [5, 5.41) is 11.1. The number of rotatable bonds is 2. The van der Waals surface area contributed by atoms with Gasteiger partial charge in [-0.3, -0.25) is 4.79 Å². The first-order valence-corrected chi connectivity index (χ1v) is 6.27. The van der Waals surface area contributed by atoms with Gasteiger partial charge in [0, 0.05) is 10.5 Å². The molecule has 2 heterocycles. The first kappa shape index (κ1) is 12.4. The van der Waals surface area contributed by atoms with Gasteiger partial charge in [0.2, 0.25) is 5.88 Å². The summed E-state index contributed by atoms with van der Waals surface area (Å²) in [6, 6.07) is 5.82. The van der Waals surface area contributed by atoms with Crippen LogP contribution in [0.25, 0.3) is 0 Å². The summed E-state index contributed by atoms with van der Waals surface area (Å²) in [6.07, 6.45) is 0. The predicted octanol–water partition coefficient (Wildman–Crippen LogP) is 2.42. The standard InChI is InChI=1S/C13H12N2O2S/c1-7(16)11-8(2)17-13(15)9(6-14)12(11)10-4-3-5-18-10/h3-5,12H,15H2,1-2H3/t12-/m1/s1. The van der Waals surface area contributed by atoms with Crippen LogP contribution in [0.15, 0.2) is 40.3 Å². The number of nitrogens with zero attached hydrogens (tertiary/aromatic N) is 1. The van der Waals surface area contributed by atoms with E-state index in [0.717, 1.165) is 4.88 Å². The van der Waals surface area contributed by atoms with Crippen LogP contribution in [0.4, 0.5) is 0 Å². The van der Waals surface area contributed by atoms with Gasteiger partial charge in [-0.1, -0.05) is 6.07 Å². The molecule has 0 spiro atoms. The molecule has 0 saturated carbocycles. The third-order valence-electron chi connectivity index (χ3n) is 2.81. The lowest BCUT2D eigenvalue weighted by atomic mass is 9.86. The lowest BCUT2D eigenvalue weighted by molar-refractivity contribution is -0.114. The van der Waals surface area contributed by atoms with Crippen molar-refractivity contribution in [1.29, 1.82) is 5.26 Å². The van der Waals surface area contributed by atoms with Crippen LogP contribution < -0.4 is 5.73 Å². The maximum Gasteiger partial charge on any atom is 0.205 e. The molecule has 0 saturated heterocycles. The average Bonchev–Trinajstić information content (AvgIpc) is 2.80. The quantitative estimate of drug-likeness (QED) is 0.886. The van der Waals surface area contributed by atoms with Crippen LogP contribution in [0.5, 0.6) is 0 Å². The van der Waals surface area contributed by atoms with Gasteiger partial charge < -0.3 is 10.5 Å². The van der Waals surface area contributed by atoms with Gasteiger partial charge in [-0.15, -0.1) is 11.3 Å². The minimum atomic E-state index is -0.402. The van der Waals surface area contributed by atoms with E-state index < -0.39 is 5.92 Å². The van der Waals surface area contributed by atoms with Crippen LogP contribution in [-0.2, 0) is 9.53 Å². The number of hydrogen-bond donors (Lipinski definition) is 1. The Morgan fingerprint density at radius 1 is 1.61 bits per heavy atom. The SMILES string of the molecule is CC(=O)C1=C(C)OC(N)=C(C#N)[C@@H]1c1cccs1. The second-order valence-electron chi connectivity index (χ2n) is 3.97.